The van der Waals surface area contributed by atoms with Gasteiger partial charge in [0.05, 0.1) is 17.9 Å². The van der Waals surface area contributed by atoms with Gasteiger partial charge in [0.25, 0.3) is 0 Å². The fourth-order valence-corrected chi connectivity index (χ4v) is 4.67. The van der Waals surface area contributed by atoms with E-state index in [1.165, 1.54) is 0 Å². The molecule has 1 fully saturated rings. The van der Waals surface area contributed by atoms with E-state index in [-0.39, 0.29) is 16.2 Å². The molecule has 0 aliphatic carbocycles. The van der Waals surface area contributed by atoms with Crippen molar-refractivity contribution < 1.29 is 13.2 Å². The van der Waals surface area contributed by atoms with Crippen LogP contribution < -0.4 is 4.74 Å². The van der Waals surface area contributed by atoms with Gasteiger partial charge in [0, 0.05) is 18.7 Å². The highest BCUT2D eigenvalue weighted by molar-refractivity contribution is 7.89. The van der Waals surface area contributed by atoms with Crippen LogP contribution >= 0.6 is 11.6 Å². The Bertz CT molecular complexity index is 613. The molecule has 2 rings (SSSR count). The molecule has 118 valence electrons. The minimum Gasteiger partial charge on any atom is -0.496 e. The normalized spacial score (nSPS) is 19.4. The highest BCUT2D eigenvalue weighted by Gasteiger charge is 2.34. The molecule has 1 aromatic rings. The molecule has 1 aromatic carbocycles. The minimum absolute atomic E-state index is 0.0209. The number of piperidine rings is 1. The van der Waals surface area contributed by atoms with E-state index in [0.717, 1.165) is 12.8 Å². The Morgan fingerprint density at radius 1 is 1.38 bits per heavy atom. The molecule has 6 heteroatoms. The molecule has 0 amide bonds. The highest BCUT2D eigenvalue weighted by Crippen LogP contribution is 2.33. The van der Waals surface area contributed by atoms with Crippen LogP contribution in [0.2, 0.25) is 0 Å². The number of ether oxygens (including phenoxy) is 1. The first-order valence-electron chi connectivity index (χ1n) is 7.03. The maximum absolute atomic E-state index is 12.8. The number of benzene rings is 1. The molecule has 0 spiro atoms. The average Bonchev–Trinajstić information content (AvgIpc) is 2.45. The lowest BCUT2D eigenvalue weighted by Crippen LogP contribution is -2.43. The van der Waals surface area contributed by atoms with Gasteiger partial charge in [-0.3, -0.25) is 0 Å². The largest absolute Gasteiger partial charge is 0.496 e. The van der Waals surface area contributed by atoms with Crippen molar-refractivity contribution >= 4 is 21.6 Å². The fraction of sp³-hybridized carbons (Fsp3) is 0.600. The molecular weight excluding hydrogens is 310 g/mol. The lowest BCUT2D eigenvalue weighted by Gasteiger charge is -2.37. The molecule has 0 unspecified atom stereocenters. The van der Waals surface area contributed by atoms with Crippen LogP contribution in [0, 0.1) is 5.41 Å². The second-order valence-electron chi connectivity index (χ2n) is 6.21. The standard InChI is InChI=1S/C15H22ClNO3S/c1-15(2)7-4-8-17(11-15)21(18,19)13-5-6-14(20-3)12(9-13)10-16/h5-6,9H,4,7-8,10-11H2,1-3H3. The lowest BCUT2D eigenvalue weighted by atomic mass is 9.85. The van der Waals surface area contributed by atoms with Crippen LogP contribution in [0.4, 0.5) is 0 Å². The molecular formula is C15H22ClNO3S. The van der Waals surface area contributed by atoms with Crippen molar-refractivity contribution in [1.29, 1.82) is 0 Å². The SMILES string of the molecule is COc1ccc(S(=O)(=O)N2CCCC(C)(C)C2)cc1CCl. The lowest BCUT2D eigenvalue weighted by molar-refractivity contribution is 0.187. The number of sulfonamides is 1. The van der Waals surface area contributed by atoms with Crippen LogP contribution in [0.1, 0.15) is 32.3 Å². The summed E-state index contributed by atoms with van der Waals surface area (Å²) in [6.45, 7) is 5.34. The van der Waals surface area contributed by atoms with Crippen LogP contribution in [0.25, 0.3) is 0 Å². The molecule has 1 aliphatic rings. The van der Waals surface area contributed by atoms with Gasteiger partial charge in [-0.05, 0) is 36.5 Å². The van der Waals surface area contributed by atoms with Gasteiger partial charge >= 0.3 is 0 Å². The smallest absolute Gasteiger partial charge is 0.243 e. The number of hydrogen-bond donors (Lipinski definition) is 0. The number of halogens is 1. The maximum Gasteiger partial charge on any atom is 0.243 e. The number of alkyl halides is 1. The van der Waals surface area contributed by atoms with E-state index >= 15 is 0 Å². The Morgan fingerprint density at radius 3 is 2.67 bits per heavy atom. The Kier molecular flexibility index (Phi) is 4.85. The Morgan fingerprint density at radius 2 is 2.10 bits per heavy atom. The van der Waals surface area contributed by atoms with Gasteiger partial charge in [-0.25, -0.2) is 8.42 Å². The summed E-state index contributed by atoms with van der Waals surface area (Å²) in [5.74, 6) is 0.834. The first kappa shape index (κ1) is 16.6. The zero-order valence-corrected chi connectivity index (χ0v) is 14.3. The van der Waals surface area contributed by atoms with Crippen LogP contribution in [0.3, 0.4) is 0 Å². The average molecular weight is 332 g/mol. The van der Waals surface area contributed by atoms with Crippen molar-refractivity contribution in [3.8, 4) is 5.75 Å². The molecule has 0 aromatic heterocycles. The van der Waals surface area contributed by atoms with E-state index in [2.05, 4.69) is 13.8 Å². The number of hydrogen-bond acceptors (Lipinski definition) is 3. The number of methoxy groups -OCH3 is 1. The van der Waals surface area contributed by atoms with Gasteiger partial charge in [0.15, 0.2) is 0 Å². The van der Waals surface area contributed by atoms with Crippen molar-refractivity contribution in [2.24, 2.45) is 5.41 Å². The van der Waals surface area contributed by atoms with Crippen LogP contribution in [0.15, 0.2) is 23.1 Å². The molecule has 21 heavy (non-hydrogen) atoms. The Hall–Kier alpha value is -0.780. The first-order valence-corrected chi connectivity index (χ1v) is 9.01. The van der Waals surface area contributed by atoms with Crippen molar-refractivity contribution in [2.75, 3.05) is 20.2 Å². The van der Waals surface area contributed by atoms with E-state index in [1.54, 1.807) is 29.6 Å². The van der Waals surface area contributed by atoms with Gasteiger partial charge in [0.2, 0.25) is 10.0 Å². The molecule has 4 nitrogen and oxygen atoms in total. The molecule has 0 radical (unpaired) electrons. The summed E-state index contributed by atoms with van der Waals surface area (Å²) < 4.78 is 32.3. The van der Waals surface area contributed by atoms with E-state index in [4.69, 9.17) is 16.3 Å². The predicted molar refractivity (Wildman–Crippen MR) is 84.3 cm³/mol. The van der Waals surface area contributed by atoms with E-state index < -0.39 is 10.0 Å². The maximum atomic E-state index is 12.8. The summed E-state index contributed by atoms with van der Waals surface area (Å²) in [5, 5.41) is 0. The fourth-order valence-electron chi connectivity index (χ4n) is 2.74. The van der Waals surface area contributed by atoms with Gasteiger partial charge in [-0.1, -0.05) is 13.8 Å². The van der Waals surface area contributed by atoms with Gasteiger partial charge in [-0.2, -0.15) is 4.31 Å². The van der Waals surface area contributed by atoms with E-state index in [9.17, 15) is 8.42 Å². The van der Waals surface area contributed by atoms with Crippen LogP contribution in [-0.4, -0.2) is 32.9 Å². The number of rotatable bonds is 4. The minimum atomic E-state index is -3.47. The summed E-state index contributed by atoms with van der Waals surface area (Å²) >= 11 is 5.88. The molecule has 0 atom stereocenters. The zero-order valence-electron chi connectivity index (χ0n) is 12.7. The van der Waals surface area contributed by atoms with Gasteiger partial charge in [0.1, 0.15) is 5.75 Å². The molecule has 0 saturated carbocycles. The third-order valence-electron chi connectivity index (χ3n) is 3.90. The summed E-state index contributed by atoms with van der Waals surface area (Å²) in [4.78, 5) is 0.289. The summed E-state index contributed by atoms with van der Waals surface area (Å²) in [6.07, 6.45) is 1.94. The second kappa shape index (κ2) is 6.15. The van der Waals surface area contributed by atoms with Crippen molar-refractivity contribution in [2.45, 2.75) is 37.5 Å². The third kappa shape index (κ3) is 3.52. The van der Waals surface area contributed by atoms with Crippen molar-refractivity contribution in [3.63, 3.8) is 0 Å². The van der Waals surface area contributed by atoms with Crippen LogP contribution in [-0.2, 0) is 15.9 Å². The van der Waals surface area contributed by atoms with E-state index in [1.807, 2.05) is 0 Å². The summed E-state index contributed by atoms with van der Waals surface area (Å²) in [6, 6.07) is 4.87. The molecule has 0 N–H and O–H groups in total. The first-order chi connectivity index (χ1) is 9.80. The van der Waals surface area contributed by atoms with Crippen molar-refractivity contribution in [3.05, 3.63) is 23.8 Å². The monoisotopic (exact) mass is 331 g/mol. The third-order valence-corrected chi connectivity index (χ3v) is 6.03. The molecule has 1 heterocycles. The number of nitrogens with zero attached hydrogens (tertiary/aromatic N) is 1. The molecule has 0 bridgehead atoms. The second-order valence-corrected chi connectivity index (χ2v) is 8.42. The Labute approximate surface area is 132 Å². The Balaban J connectivity index is 2.35. The summed E-state index contributed by atoms with van der Waals surface area (Å²) in [5.41, 5.74) is 0.712. The zero-order chi connectivity index (χ0) is 15.7. The van der Waals surface area contributed by atoms with Gasteiger partial charge < -0.3 is 4.74 Å². The topological polar surface area (TPSA) is 46.6 Å². The summed E-state index contributed by atoms with van der Waals surface area (Å²) in [7, 11) is -1.92. The van der Waals surface area contributed by atoms with Crippen LogP contribution in [0.5, 0.6) is 5.75 Å². The van der Waals surface area contributed by atoms with Gasteiger partial charge in [-0.15, -0.1) is 11.6 Å². The van der Waals surface area contributed by atoms with Crippen molar-refractivity contribution in [1.82, 2.24) is 4.31 Å². The highest BCUT2D eigenvalue weighted by atomic mass is 35.5. The predicted octanol–water partition coefficient (Wildman–Crippen LogP) is 3.24. The molecule has 1 aliphatic heterocycles. The molecule has 1 saturated heterocycles. The quantitative estimate of drug-likeness (QED) is 0.796. The van der Waals surface area contributed by atoms with E-state index in [0.29, 0.717) is 24.4 Å².